The van der Waals surface area contributed by atoms with Crippen LogP contribution in [0.15, 0.2) is 0 Å². The molecule has 0 radical (unpaired) electrons. The Balaban J connectivity index is 4.41. The van der Waals surface area contributed by atoms with Crippen molar-refractivity contribution in [2.45, 2.75) is 61.1 Å². The van der Waals surface area contributed by atoms with Gasteiger partial charge in [-0.25, -0.2) is 0 Å². The number of ether oxygens (including phenoxy) is 2. The minimum atomic E-state index is -6.57. The van der Waals surface area contributed by atoms with Crippen LogP contribution in [0.2, 0.25) is 0 Å². The average Bonchev–Trinajstić information content (AvgIpc) is 2.59. The summed E-state index contributed by atoms with van der Waals surface area (Å²) < 4.78 is 182. The third-order valence-corrected chi connectivity index (χ3v) is 3.77. The number of alkyl halides is 14. The molecule has 0 amide bonds. The van der Waals surface area contributed by atoms with E-state index < -0.39 is 87.5 Å². The second-order valence-electron chi connectivity index (χ2n) is 6.34. The van der Waals surface area contributed by atoms with E-state index >= 15 is 0 Å². The molecule has 2 unspecified atom stereocenters. The van der Waals surface area contributed by atoms with E-state index in [1.807, 2.05) is 0 Å². The second-order valence-corrected chi connectivity index (χ2v) is 6.34. The van der Waals surface area contributed by atoms with E-state index in [-0.39, 0.29) is 0 Å². The highest BCUT2D eigenvalue weighted by Crippen LogP contribution is 2.48. The first-order valence-corrected chi connectivity index (χ1v) is 8.17. The molecule has 18 heteroatoms. The van der Waals surface area contributed by atoms with Crippen LogP contribution in [0.25, 0.3) is 0 Å². The molecule has 0 heterocycles. The molecule has 0 saturated heterocycles. The number of rotatable bonds is 13. The van der Waals surface area contributed by atoms with Crippen LogP contribution in [0, 0.1) is 0 Å². The predicted molar refractivity (Wildman–Crippen MR) is 74.8 cm³/mol. The Morgan fingerprint density at radius 1 is 0.500 bits per heavy atom. The van der Waals surface area contributed by atoms with Crippen LogP contribution in [0.3, 0.4) is 0 Å². The van der Waals surface area contributed by atoms with Crippen molar-refractivity contribution < 1.29 is 81.2 Å². The third-order valence-electron chi connectivity index (χ3n) is 3.77. The van der Waals surface area contributed by atoms with Crippen LogP contribution in [0.5, 0.6) is 0 Å². The molecule has 0 aliphatic rings. The molecular weight excluding hydrogens is 498 g/mol. The maximum absolute atomic E-state index is 13.0. The summed E-state index contributed by atoms with van der Waals surface area (Å²) in [6.45, 7) is -5.22. The lowest BCUT2D eigenvalue weighted by Crippen LogP contribution is -2.52. The van der Waals surface area contributed by atoms with Gasteiger partial charge in [-0.05, 0) is 0 Å². The van der Waals surface area contributed by atoms with Gasteiger partial charge in [0.05, 0.1) is 26.4 Å². The zero-order valence-electron chi connectivity index (χ0n) is 15.4. The lowest BCUT2D eigenvalue weighted by molar-refractivity contribution is -0.357. The van der Waals surface area contributed by atoms with Gasteiger partial charge in [0.25, 0.3) is 0 Å². The first-order valence-electron chi connectivity index (χ1n) is 8.17. The zero-order valence-corrected chi connectivity index (χ0v) is 15.4. The molecule has 0 aromatic heterocycles. The minimum absolute atomic E-state index is 1.15. The van der Waals surface area contributed by atoms with Crippen molar-refractivity contribution in [1.29, 1.82) is 0 Å². The molecule has 0 spiro atoms. The van der Waals surface area contributed by atoms with Gasteiger partial charge in [-0.15, -0.1) is 0 Å². The Hall–Kier alpha value is -1.14. The fourth-order valence-electron chi connectivity index (χ4n) is 1.76. The van der Waals surface area contributed by atoms with Gasteiger partial charge in [-0.2, -0.15) is 61.5 Å². The maximum Gasteiger partial charge on any atom is 0.459 e. The Bertz CT molecular complexity index is 525. The SMILES string of the molecule is OC(COCCC(F)(F)C(F)(F)C(F)(F)F)C(O)COCCC(F)(F)C(F)(F)C(F)(F)F. The summed E-state index contributed by atoms with van der Waals surface area (Å²) >= 11 is 0. The van der Waals surface area contributed by atoms with E-state index in [2.05, 4.69) is 9.47 Å². The smallest absolute Gasteiger partial charge is 0.388 e. The van der Waals surface area contributed by atoms with E-state index in [4.69, 9.17) is 0 Å². The molecule has 194 valence electrons. The average molecular weight is 514 g/mol. The van der Waals surface area contributed by atoms with E-state index in [1.54, 1.807) is 0 Å². The Labute approximate surface area is 170 Å². The molecule has 0 bridgehead atoms. The van der Waals surface area contributed by atoms with E-state index in [0.717, 1.165) is 0 Å². The van der Waals surface area contributed by atoms with E-state index in [9.17, 15) is 71.7 Å². The summed E-state index contributed by atoms with van der Waals surface area (Å²) in [5, 5.41) is 18.7. The molecule has 0 aromatic rings. The molecule has 0 saturated carbocycles. The molecular formula is C14H16F14O4. The molecule has 0 aliphatic carbocycles. The van der Waals surface area contributed by atoms with Crippen LogP contribution < -0.4 is 0 Å². The van der Waals surface area contributed by atoms with Crippen molar-refractivity contribution in [3.05, 3.63) is 0 Å². The van der Waals surface area contributed by atoms with Crippen LogP contribution in [-0.4, -0.2) is 84.9 Å². The summed E-state index contributed by atoms with van der Waals surface area (Å²) in [6.07, 6.45) is -21.6. The zero-order chi connectivity index (χ0) is 25.8. The normalized spacial score (nSPS) is 16.9. The number of aliphatic hydroxyl groups excluding tert-OH is 2. The van der Waals surface area contributed by atoms with Crippen molar-refractivity contribution in [2.24, 2.45) is 0 Å². The lowest BCUT2D eigenvalue weighted by Gasteiger charge is -2.28. The fraction of sp³-hybridized carbons (Fsp3) is 1.00. The van der Waals surface area contributed by atoms with Gasteiger partial charge in [-0.3, -0.25) is 0 Å². The summed E-state index contributed by atoms with van der Waals surface area (Å²) in [4.78, 5) is 0. The van der Waals surface area contributed by atoms with Gasteiger partial charge in [0.1, 0.15) is 12.2 Å². The van der Waals surface area contributed by atoms with Crippen molar-refractivity contribution in [3.8, 4) is 0 Å². The summed E-state index contributed by atoms with van der Waals surface area (Å²) in [6, 6.07) is 0. The Morgan fingerprint density at radius 3 is 0.969 bits per heavy atom. The van der Waals surface area contributed by atoms with Gasteiger partial charge in [0, 0.05) is 12.8 Å². The first-order chi connectivity index (χ1) is 14.0. The summed E-state index contributed by atoms with van der Waals surface area (Å²) in [5.74, 6) is -23.9. The monoisotopic (exact) mass is 514 g/mol. The second kappa shape index (κ2) is 10.4. The number of halogens is 14. The van der Waals surface area contributed by atoms with Gasteiger partial charge in [-0.1, -0.05) is 0 Å². The third kappa shape index (κ3) is 7.44. The van der Waals surface area contributed by atoms with Crippen LogP contribution >= 0.6 is 0 Å². The first kappa shape index (κ1) is 30.9. The van der Waals surface area contributed by atoms with E-state index in [0.29, 0.717) is 0 Å². The Morgan fingerprint density at radius 2 is 0.750 bits per heavy atom. The van der Waals surface area contributed by atoms with Crippen LogP contribution in [0.1, 0.15) is 12.8 Å². The van der Waals surface area contributed by atoms with Gasteiger partial charge in [0.2, 0.25) is 0 Å². The number of hydrogen-bond donors (Lipinski definition) is 2. The number of aliphatic hydroxyl groups is 2. The number of hydrogen-bond acceptors (Lipinski definition) is 4. The summed E-state index contributed by atoms with van der Waals surface area (Å²) in [7, 11) is 0. The molecule has 2 N–H and O–H groups in total. The molecule has 0 fully saturated rings. The van der Waals surface area contributed by atoms with Gasteiger partial charge in [0.15, 0.2) is 0 Å². The quantitative estimate of drug-likeness (QED) is 0.286. The molecule has 0 aliphatic heterocycles. The highest BCUT2D eigenvalue weighted by molar-refractivity contribution is 4.91. The maximum atomic E-state index is 13.0. The van der Waals surface area contributed by atoms with Crippen molar-refractivity contribution in [3.63, 3.8) is 0 Å². The van der Waals surface area contributed by atoms with Crippen molar-refractivity contribution in [2.75, 3.05) is 26.4 Å². The topological polar surface area (TPSA) is 58.9 Å². The highest BCUT2D eigenvalue weighted by Gasteiger charge is 2.73. The van der Waals surface area contributed by atoms with Gasteiger partial charge >= 0.3 is 36.0 Å². The molecule has 2 atom stereocenters. The van der Waals surface area contributed by atoms with Crippen LogP contribution in [0.4, 0.5) is 61.5 Å². The predicted octanol–water partition coefficient (Wildman–Crippen LogP) is 4.19. The minimum Gasteiger partial charge on any atom is -0.388 e. The Kier molecular flexibility index (Phi) is 10.0. The summed E-state index contributed by atoms with van der Waals surface area (Å²) in [5.41, 5.74) is 0. The molecule has 32 heavy (non-hydrogen) atoms. The van der Waals surface area contributed by atoms with E-state index in [1.165, 1.54) is 0 Å². The molecule has 0 rings (SSSR count). The fourth-order valence-corrected chi connectivity index (χ4v) is 1.76. The van der Waals surface area contributed by atoms with Gasteiger partial charge < -0.3 is 19.7 Å². The highest BCUT2D eigenvalue weighted by atomic mass is 19.4. The van der Waals surface area contributed by atoms with Crippen molar-refractivity contribution in [1.82, 2.24) is 0 Å². The largest absolute Gasteiger partial charge is 0.459 e. The molecule has 4 nitrogen and oxygen atoms in total. The van der Waals surface area contributed by atoms with Crippen LogP contribution in [-0.2, 0) is 9.47 Å². The van der Waals surface area contributed by atoms with Crippen molar-refractivity contribution >= 4 is 0 Å². The molecule has 0 aromatic carbocycles. The standard InChI is InChI=1S/C14H16F14O4/c15-9(16,11(19,20)13(23,24)25)1-3-31-5-7(29)8(30)6-32-4-2-10(17,18)12(21,22)14(26,27)28/h7-8,29-30H,1-6H2. The lowest BCUT2D eigenvalue weighted by atomic mass is 10.1.